The van der Waals surface area contributed by atoms with Crippen LogP contribution in [0.1, 0.15) is 13.3 Å². The lowest BCUT2D eigenvalue weighted by Gasteiger charge is -2.27. The number of nitrogens with one attached hydrogen (secondary N) is 1. The molecule has 0 aliphatic carbocycles. The van der Waals surface area contributed by atoms with Crippen molar-refractivity contribution >= 4 is 12.0 Å². The molecule has 2 amide bonds. The lowest BCUT2D eigenvalue weighted by Crippen LogP contribution is -2.52. The van der Waals surface area contributed by atoms with Gasteiger partial charge in [0, 0.05) is 13.7 Å². The molecule has 1 rings (SSSR count). The van der Waals surface area contributed by atoms with Gasteiger partial charge in [0.25, 0.3) is 0 Å². The van der Waals surface area contributed by atoms with Gasteiger partial charge < -0.3 is 25.2 Å². The highest BCUT2D eigenvalue weighted by Gasteiger charge is 2.32. The first-order valence-corrected chi connectivity index (χ1v) is 5.46. The summed E-state index contributed by atoms with van der Waals surface area (Å²) in [5.41, 5.74) is 0. The third kappa shape index (κ3) is 3.31. The molecule has 7 nitrogen and oxygen atoms in total. The number of nitrogens with zero attached hydrogens (tertiary/aromatic N) is 1. The molecule has 7 heteroatoms. The molecule has 1 fully saturated rings. The van der Waals surface area contributed by atoms with E-state index in [0.29, 0.717) is 6.61 Å². The van der Waals surface area contributed by atoms with E-state index in [1.807, 2.05) is 6.92 Å². The van der Waals surface area contributed by atoms with Gasteiger partial charge in [-0.25, -0.2) is 9.59 Å². The van der Waals surface area contributed by atoms with Crippen LogP contribution in [-0.4, -0.2) is 65.6 Å². The van der Waals surface area contributed by atoms with Gasteiger partial charge in [-0.05, 0) is 13.3 Å². The van der Waals surface area contributed by atoms with Crippen molar-refractivity contribution in [1.29, 1.82) is 0 Å². The first-order valence-electron chi connectivity index (χ1n) is 5.46. The summed E-state index contributed by atoms with van der Waals surface area (Å²) in [5.74, 6) is -1.26. The molecule has 98 valence electrons. The van der Waals surface area contributed by atoms with E-state index in [1.54, 1.807) is 7.05 Å². The second-order valence-electron chi connectivity index (χ2n) is 4.07. The molecule has 0 bridgehead atoms. The standard InChI is InChI=1S/C10H18N2O5/c1-6-8(3-4-17-6)12(2)10(16)11-7(5-13)9(14)15/h6-8,13H,3-5H2,1-2H3,(H,11,16)(H,14,15). The third-order valence-electron chi connectivity index (χ3n) is 2.93. The van der Waals surface area contributed by atoms with Crippen LogP contribution < -0.4 is 5.32 Å². The van der Waals surface area contributed by atoms with Gasteiger partial charge in [-0.3, -0.25) is 0 Å². The van der Waals surface area contributed by atoms with Crippen LogP contribution in [0, 0.1) is 0 Å². The van der Waals surface area contributed by atoms with E-state index in [-0.39, 0.29) is 12.1 Å². The summed E-state index contributed by atoms with van der Waals surface area (Å²) in [6, 6.07) is -1.86. The highest BCUT2D eigenvalue weighted by atomic mass is 16.5. The van der Waals surface area contributed by atoms with Crippen molar-refractivity contribution in [3.63, 3.8) is 0 Å². The normalized spacial score (nSPS) is 25.4. The highest BCUT2D eigenvalue weighted by molar-refractivity contribution is 5.82. The summed E-state index contributed by atoms with van der Waals surface area (Å²) in [6.45, 7) is 1.82. The molecule has 0 spiro atoms. The van der Waals surface area contributed by atoms with Gasteiger partial charge >= 0.3 is 12.0 Å². The van der Waals surface area contributed by atoms with Crippen LogP contribution in [0.5, 0.6) is 0 Å². The molecule has 3 N–H and O–H groups in total. The maximum atomic E-state index is 11.7. The van der Waals surface area contributed by atoms with Gasteiger partial charge in [-0.1, -0.05) is 0 Å². The molecule has 0 saturated carbocycles. The zero-order valence-electron chi connectivity index (χ0n) is 9.92. The Morgan fingerprint density at radius 2 is 2.24 bits per heavy atom. The fraction of sp³-hybridized carbons (Fsp3) is 0.800. The maximum absolute atomic E-state index is 11.7. The van der Waals surface area contributed by atoms with E-state index in [0.717, 1.165) is 6.42 Å². The van der Waals surface area contributed by atoms with Gasteiger partial charge in [0.05, 0.1) is 18.8 Å². The van der Waals surface area contributed by atoms with Gasteiger partial charge in [-0.15, -0.1) is 0 Å². The Kier molecular flexibility index (Phi) is 4.71. The number of ether oxygens (including phenoxy) is 1. The zero-order valence-corrected chi connectivity index (χ0v) is 9.92. The smallest absolute Gasteiger partial charge is 0.328 e. The van der Waals surface area contributed by atoms with Crippen LogP contribution in [0.25, 0.3) is 0 Å². The summed E-state index contributed by atoms with van der Waals surface area (Å²) in [6.07, 6.45) is 0.658. The summed E-state index contributed by atoms with van der Waals surface area (Å²) >= 11 is 0. The second kappa shape index (κ2) is 5.83. The first-order chi connectivity index (χ1) is 7.97. The van der Waals surface area contributed by atoms with Crippen molar-refractivity contribution in [2.45, 2.75) is 31.5 Å². The summed E-state index contributed by atoms with van der Waals surface area (Å²) < 4.78 is 5.33. The maximum Gasteiger partial charge on any atom is 0.328 e. The van der Waals surface area contributed by atoms with E-state index >= 15 is 0 Å². The van der Waals surface area contributed by atoms with Crippen molar-refractivity contribution in [1.82, 2.24) is 10.2 Å². The number of amides is 2. The Bertz CT molecular complexity index is 296. The van der Waals surface area contributed by atoms with Gasteiger partial charge in [0.15, 0.2) is 6.04 Å². The van der Waals surface area contributed by atoms with Crippen LogP contribution in [0.3, 0.4) is 0 Å². The molecule has 1 aliphatic heterocycles. The lowest BCUT2D eigenvalue weighted by molar-refractivity contribution is -0.140. The minimum atomic E-state index is -1.28. The summed E-state index contributed by atoms with van der Waals surface area (Å²) in [5, 5.41) is 19.8. The van der Waals surface area contributed by atoms with Crippen molar-refractivity contribution in [3.05, 3.63) is 0 Å². The number of urea groups is 1. The number of aliphatic carboxylic acids is 1. The average molecular weight is 246 g/mol. The van der Waals surface area contributed by atoms with Gasteiger partial charge in [0.1, 0.15) is 0 Å². The summed E-state index contributed by atoms with van der Waals surface area (Å²) in [4.78, 5) is 23.8. The number of aliphatic hydroxyl groups excluding tert-OH is 1. The highest BCUT2D eigenvalue weighted by Crippen LogP contribution is 2.18. The van der Waals surface area contributed by atoms with E-state index in [2.05, 4.69) is 5.32 Å². The average Bonchev–Trinajstić information content (AvgIpc) is 2.70. The van der Waals surface area contributed by atoms with Gasteiger partial charge in [-0.2, -0.15) is 0 Å². The fourth-order valence-corrected chi connectivity index (χ4v) is 1.82. The number of likely N-dealkylation sites (N-methyl/N-ethyl adjacent to an activating group) is 1. The Labute approximate surface area is 99.4 Å². The minimum absolute atomic E-state index is 0.0665. The van der Waals surface area contributed by atoms with Crippen molar-refractivity contribution in [2.75, 3.05) is 20.3 Å². The predicted molar refractivity (Wildman–Crippen MR) is 58.6 cm³/mol. The number of rotatable bonds is 4. The van der Waals surface area contributed by atoms with Crippen molar-refractivity contribution in [3.8, 4) is 0 Å². The fourth-order valence-electron chi connectivity index (χ4n) is 1.82. The number of carboxylic acids is 1. The van der Waals surface area contributed by atoms with Crippen LogP contribution in [0.2, 0.25) is 0 Å². The van der Waals surface area contributed by atoms with Gasteiger partial charge in [0.2, 0.25) is 0 Å². The Balaban J connectivity index is 2.54. The SMILES string of the molecule is CC1OCCC1N(C)C(=O)NC(CO)C(=O)O. The van der Waals surface area contributed by atoms with E-state index in [1.165, 1.54) is 4.90 Å². The molecule has 0 radical (unpaired) electrons. The molecule has 0 aromatic rings. The Hall–Kier alpha value is -1.34. The third-order valence-corrected chi connectivity index (χ3v) is 2.93. The monoisotopic (exact) mass is 246 g/mol. The molecule has 3 atom stereocenters. The van der Waals surface area contributed by atoms with Crippen LogP contribution in [-0.2, 0) is 9.53 Å². The number of hydrogen-bond acceptors (Lipinski definition) is 4. The molecule has 3 unspecified atom stereocenters. The molecule has 1 aliphatic rings. The lowest BCUT2D eigenvalue weighted by atomic mass is 10.1. The Morgan fingerprint density at radius 1 is 1.59 bits per heavy atom. The number of hydrogen-bond donors (Lipinski definition) is 3. The van der Waals surface area contributed by atoms with Crippen molar-refractivity contribution < 1.29 is 24.5 Å². The first kappa shape index (κ1) is 13.7. The molecular formula is C10H18N2O5. The predicted octanol–water partition coefficient (Wildman–Crippen LogP) is -0.749. The quantitative estimate of drug-likeness (QED) is 0.606. The minimum Gasteiger partial charge on any atom is -0.480 e. The number of carboxylic acid groups (broad SMARTS) is 1. The molecule has 0 aromatic heterocycles. The van der Waals surface area contributed by atoms with E-state index < -0.39 is 24.6 Å². The Morgan fingerprint density at radius 3 is 2.65 bits per heavy atom. The molecular weight excluding hydrogens is 228 g/mol. The summed E-state index contributed by atoms with van der Waals surface area (Å²) in [7, 11) is 1.58. The largest absolute Gasteiger partial charge is 0.480 e. The topological polar surface area (TPSA) is 99.1 Å². The number of carbonyl (C=O) groups is 2. The molecule has 1 saturated heterocycles. The number of carbonyl (C=O) groups excluding carboxylic acids is 1. The molecule has 1 heterocycles. The van der Waals surface area contributed by atoms with Crippen LogP contribution in [0.4, 0.5) is 4.79 Å². The molecule has 0 aromatic carbocycles. The second-order valence-corrected chi connectivity index (χ2v) is 4.07. The van der Waals surface area contributed by atoms with E-state index in [4.69, 9.17) is 14.9 Å². The molecule has 17 heavy (non-hydrogen) atoms. The number of aliphatic hydroxyl groups is 1. The zero-order chi connectivity index (χ0) is 13.0. The van der Waals surface area contributed by atoms with Crippen LogP contribution >= 0.6 is 0 Å². The van der Waals surface area contributed by atoms with E-state index in [9.17, 15) is 9.59 Å². The van der Waals surface area contributed by atoms with Crippen molar-refractivity contribution in [2.24, 2.45) is 0 Å². The van der Waals surface area contributed by atoms with Crippen LogP contribution in [0.15, 0.2) is 0 Å².